The van der Waals surface area contributed by atoms with Crippen LogP contribution in [0, 0.1) is 6.92 Å². The van der Waals surface area contributed by atoms with Crippen LogP contribution in [-0.2, 0) is 0 Å². The summed E-state index contributed by atoms with van der Waals surface area (Å²) in [5, 5.41) is 0.832. The Labute approximate surface area is 148 Å². The number of fused-ring (bicyclic) bond motifs is 2. The minimum atomic E-state index is 0.403. The Morgan fingerprint density at radius 3 is 2.71 bits per heavy atom. The predicted molar refractivity (Wildman–Crippen MR) is 102 cm³/mol. The maximum Gasteiger partial charge on any atom is 0.142 e. The van der Waals surface area contributed by atoms with E-state index in [1.807, 2.05) is 7.05 Å². The van der Waals surface area contributed by atoms with Gasteiger partial charge >= 0.3 is 0 Å². The van der Waals surface area contributed by atoms with Crippen LogP contribution >= 0.6 is 11.6 Å². The first-order chi connectivity index (χ1) is 11.4. The van der Waals surface area contributed by atoms with E-state index in [9.17, 15) is 0 Å². The molecule has 1 atom stereocenters. The third-order valence-corrected chi connectivity index (χ3v) is 5.91. The summed E-state index contributed by atoms with van der Waals surface area (Å²) < 4.78 is 0. The zero-order valence-corrected chi connectivity index (χ0v) is 15.6. The molecule has 0 bridgehead atoms. The van der Waals surface area contributed by atoms with Gasteiger partial charge in [-0.25, -0.2) is 4.99 Å². The first kappa shape index (κ1) is 15.8. The zero-order valence-electron chi connectivity index (χ0n) is 14.8. The molecule has 1 unspecified atom stereocenters. The maximum absolute atomic E-state index is 6.74. The lowest BCUT2D eigenvalue weighted by atomic mass is 10.0. The number of nitrogens with zero attached hydrogens (tertiary/aromatic N) is 5. The molecule has 5 nitrogen and oxygen atoms in total. The van der Waals surface area contributed by atoms with E-state index < -0.39 is 0 Å². The summed E-state index contributed by atoms with van der Waals surface area (Å²) in [7, 11) is 6.35. The summed E-state index contributed by atoms with van der Waals surface area (Å²) in [6, 6.07) is 2.56. The fourth-order valence-electron chi connectivity index (χ4n) is 4.06. The molecule has 3 heterocycles. The van der Waals surface area contributed by atoms with Crippen LogP contribution in [0.15, 0.2) is 23.5 Å². The second kappa shape index (κ2) is 5.39. The van der Waals surface area contributed by atoms with E-state index in [2.05, 4.69) is 53.3 Å². The van der Waals surface area contributed by atoms with E-state index in [0.29, 0.717) is 6.04 Å². The molecule has 1 aromatic carbocycles. The number of piperazine rings is 1. The molecule has 1 aromatic rings. The Morgan fingerprint density at radius 1 is 1.21 bits per heavy atom. The van der Waals surface area contributed by atoms with Gasteiger partial charge in [-0.05, 0) is 25.6 Å². The molecule has 24 heavy (non-hydrogen) atoms. The van der Waals surface area contributed by atoms with Crippen molar-refractivity contribution in [2.45, 2.75) is 13.0 Å². The third-order valence-electron chi connectivity index (χ3n) is 5.43. The second-order valence-electron chi connectivity index (χ2n) is 7.15. The Hall–Kier alpha value is -1.72. The standard InChI is InChI=1S/C18H24ClN5/c1-11-8-14-15-17(16(11)19)22(4)10-13-9-21(3)6-7-24(13)18(15)20-12(2)23(14)5/h8,13H,2,6-7,9-10H2,1,3-5H3. The van der Waals surface area contributed by atoms with E-state index in [1.165, 1.54) is 0 Å². The number of halogens is 1. The fourth-order valence-corrected chi connectivity index (χ4v) is 4.35. The van der Waals surface area contributed by atoms with Gasteiger partial charge in [0.15, 0.2) is 0 Å². The minimum Gasteiger partial charge on any atom is -0.371 e. The van der Waals surface area contributed by atoms with Gasteiger partial charge in [-0.3, -0.25) is 0 Å². The largest absolute Gasteiger partial charge is 0.371 e. The van der Waals surface area contributed by atoms with Crippen LogP contribution < -0.4 is 9.80 Å². The molecule has 0 aromatic heterocycles. The van der Waals surface area contributed by atoms with Gasteiger partial charge in [-0.2, -0.15) is 0 Å². The number of benzene rings is 1. The summed E-state index contributed by atoms with van der Waals surface area (Å²) in [4.78, 5) is 14.1. The molecule has 0 spiro atoms. The number of hydrogen-bond acceptors (Lipinski definition) is 5. The molecule has 0 aliphatic carbocycles. The normalized spacial score (nSPS) is 23.7. The van der Waals surface area contributed by atoms with Crippen LogP contribution in [0.3, 0.4) is 0 Å². The molecule has 3 aliphatic heterocycles. The van der Waals surface area contributed by atoms with Gasteiger partial charge in [0.2, 0.25) is 0 Å². The average Bonchev–Trinajstić information content (AvgIpc) is 2.64. The zero-order chi connectivity index (χ0) is 17.2. The lowest BCUT2D eigenvalue weighted by Crippen LogP contribution is -2.56. The first-order valence-electron chi connectivity index (χ1n) is 8.39. The van der Waals surface area contributed by atoms with Crippen molar-refractivity contribution in [3.05, 3.63) is 34.6 Å². The Morgan fingerprint density at radius 2 is 1.96 bits per heavy atom. The van der Waals surface area contributed by atoms with Crippen LogP contribution in [-0.4, -0.2) is 69.0 Å². The summed E-state index contributed by atoms with van der Waals surface area (Å²) in [6.45, 7) is 10.2. The highest BCUT2D eigenvalue weighted by Gasteiger charge is 2.39. The van der Waals surface area contributed by atoms with E-state index in [0.717, 1.165) is 65.4 Å². The van der Waals surface area contributed by atoms with E-state index >= 15 is 0 Å². The molecule has 4 rings (SSSR count). The number of anilines is 2. The van der Waals surface area contributed by atoms with Gasteiger partial charge in [0.05, 0.1) is 28.0 Å². The molecule has 0 radical (unpaired) electrons. The lowest BCUT2D eigenvalue weighted by Gasteiger charge is -2.42. The minimum absolute atomic E-state index is 0.403. The van der Waals surface area contributed by atoms with Gasteiger partial charge in [0.1, 0.15) is 11.7 Å². The monoisotopic (exact) mass is 345 g/mol. The average molecular weight is 346 g/mol. The molecule has 1 fully saturated rings. The fraction of sp³-hybridized carbons (Fsp3) is 0.500. The Kier molecular flexibility index (Phi) is 3.55. The summed E-state index contributed by atoms with van der Waals surface area (Å²) in [6.07, 6.45) is 0. The number of aliphatic imine (C=N–C) groups is 1. The van der Waals surface area contributed by atoms with Gasteiger partial charge in [-0.15, -0.1) is 0 Å². The topological polar surface area (TPSA) is 25.3 Å². The van der Waals surface area contributed by atoms with Crippen molar-refractivity contribution >= 4 is 28.8 Å². The Balaban J connectivity index is 1.98. The molecular formula is C18H24ClN5. The molecular weight excluding hydrogens is 322 g/mol. The van der Waals surface area contributed by atoms with Crippen LogP contribution in [0.2, 0.25) is 5.02 Å². The molecule has 0 N–H and O–H groups in total. The molecule has 0 amide bonds. The number of rotatable bonds is 0. The highest BCUT2D eigenvalue weighted by atomic mass is 35.5. The highest BCUT2D eigenvalue weighted by molar-refractivity contribution is 6.35. The number of hydrogen-bond donors (Lipinski definition) is 0. The molecule has 128 valence electrons. The molecule has 6 heteroatoms. The third kappa shape index (κ3) is 2.15. The summed E-state index contributed by atoms with van der Waals surface area (Å²) >= 11 is 6.74. The predicted octanol–water partition coefficient (Wildman–Crippen LogP) is 2.38. The van der Waals surface area contributed by atoms with Crippen molar-refractivity contribution in [3.63, 3.8) is 0 Å². The second-order valence-corrected chi connectivity index (χ2v) is 7.53. The van der Waals surface area contributed by atoms with Crippen molar-refractivity contribution in [1.82, 2.24) is 9.80 Å². The summed E-state index contributed by atoms with van der Waals surface area (Å²) in [5.41, 5.74) is 4.49. The first-order valence-corrected chi connectivity index (χ1v) is 8.77. The van der Waals surface area contributed by atoms with Gasteiger partial charge in [-0.1, -0.05) is 18.2 Å². The van der Waals surface area contributed by atoms with Crippen LogP contribution in [0.25, 0.3) is 0 Å². The van der Waals surface area contributed by atoms with E-state index in [4.69, 9.17) is 16.6 Å². The van der Waals surface area contributed by atoms with Gasteiger partial charge in [0, 0.05) is 40.3 Å². The van der Waals surface area contributed by atoms with Gasteiger partial charge in [0.25, 0.3) is 0 Å². The van der Waals surface area contributed by atoms with Crippen molar-refractivity contribution < 1.29 is 0 Å². The number of amidine groups is 1. The summed E-state index contributed by atoms with van der Waals surface area (Å²) in [5.74, 6) is 1.82. The quantitative estimate of drug-likeness (QED) is 0.721. The van der Waals surface area contributed by atoms with Crippen molar-refractivity contribution in [2.75, 3.05) is 57.1 Å². The molecule has 3 aliphatic rings. The van der Waals surface area contributed by atoms with E-state index in [-0.39, 0.29) is 0 Å². The van der Waals surface area contributed by atoms with Crippen LogP contribution in [0.4, 0.5) is 11.4 Å². The Bertz CT molecular complexity index is 756. The molecule has 1 saturated heterocycles. The number of aryl methyl sites for hydroxylation is 1. The van der Waals surface area contributed by atoms with Crippen LogP contribution in [0.1, 0.15) is 11.1 Å². The molecule has 0 saturated carbocycles. The number of likely N-dealkylation sites (N-methyl/N-ethyl adjacent to an activating group) is 2. The SMILES string of the molecule is C=C1N=C2c3c(cc(C)c(Cl)c3N(C)CC3CN(C)CCN23)N1C. The van der Waals surface area contributed by atoms with Gasteiger partial charge < -0.3 is 19.6 Å². The maximum atomic E-state index is 6.74. The van der Waals surface area contributed by atoms with E-state index in [1.54, 1.807) is 0 Å². The van der Waals surface area contributed by atoms with Crippen LogP contribution in [0.5, 0.6) is 0 Å². The van der Waals surface area contributed by atoms with Crippen molar-refractivity contribution in [2.24, 2.45) is 4.99 Å². The highest BCUT2D eigenvalue weighted by Crippen LogP contribution is 2.44. The van der Waals surface area contributed by atoms with Crippen molar-refractivity contribution in [1.29, 1.82) is 0 Å². The van der Waals surface area contributed by atoms with Crippen molar-refractivity contribution in [3.8, 4) is 0 Å². The smallest absolute Gasteiger partial charge is 0.142 e. The lowest BCUT2D eigenvalue weighted by molar-refractivity contribution is 0.156.